The summed E-state index contributed by atoms with van der Waals surface area (Å²) in [4.78, 5) is 12.2. The van der Waals surface area contributed by atoms with Crippen molar-refractivity contribution in [3.63, 3.8) is 0 Å². The predicted molar refractivity (Wildman–Crippen MR) is 106 cm³/mol. The molecule has 0 saturated carbocycles. The lowest BCUT2D eigenvalue weighted by Crippen LogP contribution is -2.09. The Kier molecular flexibility index (Phi) is 6.31. The van der Waals surface area contributed by atoms with Crippen LogP contribution in [0.1, 0.15) is 15.9 Å². The van der Waals surface area contributed by atoms with Gasteiger partial charge in [-0.05, 0) is 64.0 Å². The van der Waals surface area contributed by atoms with E-state index in [1.165, 1.54) is 5.56 Å². The van der Waals surface area contributed by atoms with E-state index in [0.29, 0.717) is 33.2 Å². The summed E-state index contributed by atoms with van der Waals surface area (Å²) in [5, 5.41) is 0.564. The lowest BCUT2D eigenvalue weighted by Gasteiger charge is -2.09. The first kappa shape index (κ1) is 18.5. The third kappa shape index (κ3) is 5.10. The van der Waals surface area contributed by atoms with Gasteiger partial charge in [-0.15, -0.1) is 0 Å². The second-order valence-electron chi connectivity index (χ2n) is 5.57. The number of hydrogen-bond acceptors (Lipinski definition) is 3. The fraction of sp³-hybridized carbons (Fsp3) is 0.0952. The Morgan fingerprint density at radius 3 is 2.38 bits per heavy atom. The predicted octanol–water partition coefficient (Wildman–Crippen LogP) is 5.94. The molecule has 0 amide bonds. The summed E-state index contributed by atoms with van der Waals surface area (Å²) in [6, 6.07) is 22.0. The van der Waals surface area contributed by atoms with Crippen molar-refractivity contribution in [2.75, 3.05) is 6.61 Å². The summed E-state index contributed by atoms with van der Waals surface area (Å²) in [5.41, 5.74) is 1.67. The molecule has 3 rings (SSSR count). The minimum Gasteiger partial charge on any atom is -0.493 e. The zero-order valence-corrected chi connectivity index (χ0v) is 16.2. The molecule has 5 heteroatoms. The molecule has 3 nitrogen and oxygen atoms in total. The van der Waals surface area contributed by atoms with Crippen molar-refractivity contribution < 1.29 is 14.3 Å². The molecule has 0 fully saturated rings. The maximum absolute atomic E-state index is 12.2. The van der Waals surface area contributed by atoms with Crippen LogP contribution in [0.25, 0.3) is 0 Å². The van der Waals surface area contributed by atoms with Crippen molar-refractivity contribution in [3.8, 4) is 11.5 Å². The van der Waals surface area contributed by atoms with Crippen LogP contribution < -0.4 is 9.47 Å². The fourth-order valence-corrected chi connectivity index (χ4v) is 3.10. The van der Waals surface area contributed by atoms with Gasteiger partial charge in [-0.3, -0.25) is 0 Å². The third-order valence-electron chi connectivity index (χ3n) is 3.69. The molecule has 0 heterocycles. The molecule has 0 atom stereocenters. The summed E-state index contributed by atoms with van der Waals surface area (Å²) < 4.78 is 11.7. The summed E-state index contributed by atoms with van der Waals surface area (Å²) in [7, 11) is 0. The van der Waals surface area contributed by atoms with Crippen LogP contribution in [0.15, 0.2) is 77.3 Å². The minimum atomic E-state index is -0.441. The van der Waals surface area contributed by atoms with Crippen LogP contribution in [0.3, 0.4) is 0 Å². The van der Waals surface area contributed by atoms with Crippen molar-refractivity contribution in [2.24, 2.45) is 0 Å². The Morgan fingerprint density at radius 1 is 0.962 bits per heavy atom. The van der Waals surface area contributed by atoms with E-state index in [9.17, 15) is 4.79 Å². The first-order valence-electron chi connectivity index (χ1n) is 8.06. The van der Waals surface area contributed by atoms with Gasteiger partial charge in [0.15, 0.2) is 0 Å². The molecule has 0 aromatic heterocycles. The van der Waals surface area contributed by atoms with E-state index in [1.807, 2.05) is 18.2 Å². The van der Waals surface area contributed by atoms with E-state index in [4.69, 9.17) is 21.1 Å². The molecule has 0 saturated heterocycles. The standard InChI is InChI=1S/C21H16BrClO3/c22-19-14-17(23)8-11-20(19)26-21(24)16-6-9-18(10-7-16)25-13-12-15-4-2-1-3-5-15/h1-11,14H,12-13H2. The van der Waals surface area contributed by atoms with Crippen molar-refractivity contribution in [1.82, 2.24) is 0 Å². The molecular weight excluding hydrogens is 416 g/mol. The summed E-state index contributed by atoms with van der Waals surface area (Å²) in [6.07, 6.45) is 0.829. The van der Waals surface area contributed by atoms with Gasteiger partial charge in [0.05, 0.1) is 16.6 Å². The molecule has 0 aliphatic rings. The van der Waals surface area contributed by atoms with E-state index >= 15 is 0 Å². The highest BCUT2D eigenvalue weighted by Crippen LogP contribution is 2.28. The molecule has 0 aliphatic carbocycles. The number of rotatable bonds is 6. The molecule has 0 aliphatic heterocycles. The molecular formula is C21H16BrClO3. The number of esters is 1. The highest BCUT2D eigenvalue weighted by molar-refractivity contribution is 9.10. The van der Waals surface area contributed by atoms with Crippen LogP contribution in [0.2, 0.25) is 5.02 Å². The Labute approximate surface area is 165 Å². The molecule has 3 aromatic carbocycles. The molecule has 3 aromatic rings. The molecule has 26 heavy (non-hydrogen) atoms. The first-order valence-corrected chi connectivity index (χ1v) is 9.23. The molecule has 0 bridgehead atoms. The maximum atomic E-state index is 12.2. The van der Waals surface area contributed by atoms with Crippen molar-refractivity contribution in [2.45, 2.75) is 6.42 Å². The van der Waals surface area contributed by atoms with Crippen molar-refractivity contribution in [3.05, 3.63) is 93.4 Å². The average molecular weight is 432 g/mol. The van der Waals surface area contributed by atoms with Gasteiger partial charge >= 0.3 is 5.97 Å². The van der Waals surface area contributed by atoms with Crippen LogP contribution >= 0.6 is 27.5 Å². The van der Waals surface area contributed by atoms with E-state index in [-0.39, 0.29) is 0 Å². The SMILES string of the molecule is O=C(Oc1ccc(Cl)cc1Br)c1ccc(OCCc2ccccc2)cc1. The number of ether oxygens (including phenoxy) is 2. The van der Waals surface area contributed by atoms with E-state index in [2.05, 4.69) is 28.1 Å². The maximum Gasteiger partial charge on any atom is 0.343 e. The topological polar surface area (TPSA) is 35.5 Å². The molecule has 132 valence electrons. The quantitative estimate of drug-likeness (QED) is 0.358. The average Bonchev–Trinajstić information content (AvgIpc) is 2.65. The van der Waals surface area contributed by atoms with Crippen LogP contribution in [0.5, 0.6) is 11.5 Å². The van der Waals surface area contributed by atoms with Gasteiger partial charge in [0.25, 0.3) is 0 Å². The lowest BCUT2D eigenvalue weighted by molar-refractivity contribution is 0.0733. The highest BCUT2D eigenvalue weighted by Gasteiger charge is 2.11. The first-order chi connectivity index (χ1) is 12.6. The monoisotopic (exact) mass is 430 g/mol. The lowest BCUT2D eigenvalue weighted by atomic mass is 10.2. The van der Waals surface area contributed by atoms with E-state index in [0.717, 1.165) is 6.42 Å². The van der Waals surface area contributed by atoms with Crippen LogP contribution in [0, 0.1) is 0 Å². The Balaban J connectivity index is 1.55. The third-order valence-corrected chi connectivity index (χ3v) is 4.54. The Hall–Kier alpha value is -2.30. The van der Waals surface area contributed by atoms with Crippen LogP contribution in [0.4, 0.5) is 0 Å². The Bertz CT molecular complexity index is 880. The van der Waals surface area contributed by atoms with E-state index < -0.39 is 5.97 Å². The van der Waals surface area contributed by atoms with Gasteiger partial charge in [0.2, 0.25) is 0 Å². The van der Waals surface area contributed by atoms with Crippen molar-refractivity contribution in [1.29, 1.82) is 0 Å². The van der Waals surface area contributed by atoms with E-state index in [1.54, 1.807) is 42.5 Å². The van der Waals surface area contributed by atoms with Gasteiger partial charge in [0.1, 0.15) is 11.5 Å². The number of hydrogen-bond donors (Lipinski definition) is 0. The van der Waals surface area contributed by atoms with Gasteiger partial charge in [-0.2, -0.15) is 0 Å². The molecule has 0 N–H and O–H groups in total. The van der Waals surface area contributed by atoms with Gasteiger partial charge in [-0.25, -0.2) is 4.79 Å². The second kappa shape index (κ2) is 8.88. The van der Waals surface area contributed by atoms with Crippen molar-refractivity contribution >= 4 is 33.5 Å². The van der Waals surface area contributed by atoms with Gasteiger partial charge in [-0.1, -0.05) is 41.9 Å². The smallest absolute Gasteiger partial charge is 0.343 e. The number of carbonyl (C=O) groups is 1. The number of benzene rings is 3. The second-order valence-corrected chi connectivity index (χ2v) is 6.86. The summed E-state index contributed by atoms with van der Waals surface area (Å²) >= 11 is 9.21. The summed E-state index contributed by atoms with van der Waals surface area (Å²) in [6.45, 7) is 0.575. The normalized spacial score (nSPS) is 10.4. The van der Waals surface area contributed by atoms with Crippen LogP contribution in [-0.2, 0) is 6.42 Å². The summed E-state index contributed by atoms with van der Waals surface area (Å²) in [5.74, 6) is 0.691. The molecule has 0 radical (unpaired) electrons. The van der Waals surface area contributed by atoms with Gasteiger partial charge < -0.3 is 9.47 Å². The number of carbonyl (C=O) groups excluding carboxylic acids is 1. The molecule has 0 unspecified atom stereocenters. The van der Waals surface area contributed by atoms with Crippen LogP contribution in [-0.4, -0.2) is 12.6 Å². The Morgan fingerprint density at radius 2 is 1.69 bits per heavy atom. The van der Waals surface area contributed by atoms with Gasteiger partial charge in [0, 0.05) is 11.4 Å². The minimum absolute atomic E-state index is 0.419. The zero-order chi connectivity index (χ0) is 18.4. The highest BCUT2D eigenvalue weighted by atomic mass is 79.9. The zero-order valence-electron chi connectivity index (χ0n) is 13.8. The number of halogens is 2. The fourth-order valence-electron chi connectivity index (χ4n) is 2.34. The largest absolute Gasteiger partial charge is 0.493 e. The molecule has 0 spiro atoms.